The zero-order valence-corrected chi connectivity index (χ0v) is 11.7. The predicted octanol–water partition coefficient (Wildman–Crippen LogP) is 0.979. The van der Waals surface area contributed by atoms with Crippen molar-refractivity contribution >= 4 is 0 Å². The molecule has 0 aliphatic carbocycles. The molecule has 1 heterocycles. The van der Waals surface area contributed by atoms with Crippen molar-refractivity contribution in [3.05, 3.63) is 48.0 Å². The monoisotopic (exact) mass is 282 g/mol. The average molecular weight is 283 g/mol. The van der Waals surface area contributed by atoms with Gasteiger partial charge in [0.15, 0.2) is 0 Å². The lowest BCUT2D eigenvalue weighted by Crippen LogP contribution is -3.00. The first-order valence-corrected chi connectivity index (χ1v) is 6.35. The molecule has 0 bridgehead atoms. The van der Waals surface area contributed by atoms with Crippen LogP contribution in [0.3, 0.4) is 0 Å². The summed E-state index contributed by atoms with van der Waals surface area (Å²) in [5, 5.41) is 3.29. The summed E-state index contributed by atoms with van der Waals surface area (Å²) in [6.07, 6.45) is 2.33. The van der Waals surface area contributed by atoms with E-state index in [4.69, 9.17) is 4.42 Å². The highest BCUT2D eigenvalue weighted by molar-refractivity contribution is 5.58. The maximum atomic E-state index is 13.6. The minimum absolute atomic E-state index is 0. The van der Waals surface area contributed by atoms with E-state index in [-0.39, 0.29) is 18.2 Å². The number of nitrogens with one attached hydrogen (secondary N) is 1. The van der Waals surface area contributed by atoms with Crippen LogP contribution in [0.1, 0.15) is 25.5 Å². The van der Waals surface area contributed by atoms with E-state index in [1.165, 1.54) is 12.5 Å². The standard InChI is InChI=1S/C15H18FNO.ClH/c1-2-3-10-17-11-12-8-9-15(18-12)13-6-4-5-7-14(13)16;/h4-9,17H,2-3,10-11H2,1H3;1H/p-1. The molecule has 0 saturated carbocycles. The molecule has 0 fully saturated rings. The Morgan fingerprint density at radius 1 is 1.16 bits per heavy atom. The van der Waals surface area contributed by atoms with Gasteiger partial charge in [-0.1, -0.05) is 25.5 Å². The van der Waals surface area contributed by atoms with Gasteiger partial charge < -0.3 is 22.1 Å². The highest BCUT2D eigenvalue weighted by Gasteiger charge is 2.08. The fourth-order valence-corrected chi connectivity index (χ4v) is 1.79. The molecule has 1 aromatic heterocycles. The van der Waals surface area contributed by atoms with Crippen molar-refractivity contribution in [1.29, 1.82) is 0 Å². The minimum Gasteiger partial charge on any atom is -1.00 e. The number of halogens is 2. The van der Waals surface area contributed by atoms with Crippen molar-refractivity contribution in [3.8, 4) is 11.3 Å². The molecule has 2 aromatic rings. The summed E-state index contributed by atoms with van der Waals surface area (Å²) in [6, 6.07) is 10.4. The van der Waals surface area contributed by atoms with Gasteiger partial charge in [0.1, 0.15) is 17.3 Å². The number of benzene rings is 1. The van der Waals surface area contributed by atoms with Gasteiger partial charge in [0, 0.05) is 0 Å². The maximum Gasteiger partial charge on any atom is 0.137 e. The first-order chi connectivity index (χ1) is 8.81. The Bertz CT molecular complexity index is 498. The van der Waals surface area contributed by atoms with Crippen molar-refractivity contribution in [2.45, 2.75) is 26.3 Å². The summed E-state index contributed by atoms with van der Waals surface area (Å²) in [5.74, 6) is 1.17. The molecule has 0 spiro atoms. The minimum atomic E-state index is -0.252. The third-order valence-electron chi connectivity index (χ3n) is 2.81. The van der Waals surface area contributed by atoms with Crippen LogP contribution in [0, 0.1) is 5.82 Å². The summed E-state index contributed by atoms with van der Waals surface area (Å²) in [7, 11) is 0. The van der Waals surface area contributed by atoms with Gasteiger partial charge in [0.25, 0.3) is 0 Å². The molecule has 0 radical (unpaired) electrons. The van der Waals surface area contributed by atoms with Crippen molar-refractivity contribution in [3.63, 3.8) is 0 Å². The third kappa shape index (κ3) is 4.37. The molecule has 1 aromatic carbocycles. The summed E-state index contributed by atoms with van der Waals surface area (Å²) in [6.45, 7) is 3.82. The first-order valence-electron chi connectivity index (χ1n) is 6.35. The first kappa shape index (κ1) is 15.7. The van der Waals surface area contributed by atoms with E-state index in [9.17, 15) is 4.39 Å². The van der Waals surface area contributed by atoms with Crippen LogP contribution in [0.4, 0.5) is 4.39 Å². The van der Waals surface area contributed by atoms with Gasteiger partial charge in [0.2, 0.25) is 0 Å². The van der Waals surface area contributed by atoms with Crippen molar-refractivity contribution in [2.24, 2.45) is 0 Å². The lowest BCUT2D eigenvalue weighted by Gasteiger charge is -2.01. The summed E-state index contributed by atoms with van der Waals surface area (Å²) in [5.41, 5.74) is 0.511. The molecule has 0 aliphatic heterocycles. The Labute approximate surface area is 119 Å². The highest BCUT2D eigenvalue weighted by Crippen LogP contribution is 2.24. The molecule has 0 saturated heterocycles. The Morgan fingerprint density at radius 2 is 1.95 bits per heavy atom. The molecular weight excluding hydrogens is 265 g/mol. The molecule has 104 valence electrons. The van der Waals surface area contributed by atoms with Crippen LogP contribution in [0.25, 0.3) is 11.3 Å². The van der Waals surface area contributed by atoms with Crippen LogP contribution in [-0.2, 0) is 6.54 Å². The van der Waals surface area contributed by atoms with E-state index in [0.29, 0.717) is 17.9 Å². The molecule has 2 rings (SSSR count). The van der Waals surface area contributed by atoms with Crippen LogP contribution < -0.4 is 17.7 Å². The molecule has 4 heteroatoms. The van der Waals surface area contributed by atoms with E-state index in [0.717, 1.165) is 18.7 Å². The molecule has 19 heavy (non-hydrogen) atoms. The lowest BCUT2D eigenvalue weighted by molar-refractivity contribution is -0.00000493. The topological polar surface area (TPSA) is 25.2 Å². The Kier molecular flexibility index (Phi) is 6.60. The quantitative estimate of drug-likeness (QED) is 0.799. The molecule has 2 nitrogen and oxygen atoms in total. The largest absolute Gasteiger partial charge is 1.00 e. The zero-order valence-electron chi connectivity index (χ0n) is 11.0. The van der Waals surface area contributed by atoms with Crippen molar-refractivity contribution in [2.75, 3.05) is 6.54 Å². The Morgan fingerprint density at radius 3 is 2.68 bits per heavy atom. The Balaban J connectivity index is 0.00000180. The van der Waals surface area contributed by atoms with Crippen molar-refractivity contribution in [1.82, 2.24) is 5.32 Å². The van der Waals surface area contributed by atoms with E-state index in [2.05, 4.69) is 12.2 Å². The normalized spacial score (nSPS) is 10.2. The van der Waals surface area contributed by atoms with Gasteiger partial charge in [-0.25, -0.2) is 4.39 Å². The second-order valence-electron chi connectivity index (χ2n) is 4.28. The van der Waals surface area contributed by atoms with Gasteiger partial charge in [0.05, 0.1) is 12.1 Å². The fourth-order valence-electron chi connectivity index (χ4n) is 1.79. The van der Waals surface area contributed by atoms with Gasteiger partial charge in [-0.3, -0.25) is 0 Å². The second-order valence-corrected chi connectivity index (χ2v) is 4.28. The number of rotatable bonds is 6. The smallest absolute Gasteiger partial charge is 0.137 e. The fraction of sp³-hybridized carbons (Fsp3) is 0.333. The van der Waals surface area contributed by atoms with Crippen LogP contribution in [0.15, 0.2) is 40.8 Å². The molecule has 0 amide bonds. The predicted molar refractivity (Wildman–Crippen MR) is 70.7 cm³/mol. The van der Waals surface area contributed by atoms with E-state index >= 15 is 0 Å². The molecule has 0 unspecified atom stereocenters. The van der Waals surface area contributed by atoms with Gasteiger partial charge in [-0.05, 0) is 37.2 Å². The summed E-state index contributed by atoms with van der Waals surface area (Å²) in [4.78, 5) is 0. The molecule has 1 N–H and O–H groups in total. The third-order valence-corrected chi connectivity index (χ3v) is 2.81. The zero-order chi connectivity index (χ0) is 12.8. The second kappa shape index (κ2) is 7.97. The van der Waals surface area contributed by atoms with Gasteiger partial charge >= 0.3 is 0 Å². The number of hydrogen-bond donors (Lipinski definition) is 1. The summed E-state index contributed by atoms with van der Waals surface area (Å²) >= 11 is 0. The Hall–Kier alpha value is -1.32. The van der Waals surface area contributed by atoms with Gasteiger partial charge in [-0.2, -0.15) is 0 Å². The van der Waals surface area contributed by atoms with E-state index in [1.807, 2.05) is 12.1 Å². The van der Waals surface area contributed by atoms with E-state index < -0.39 is 0 Å². The number of furan rings is 1. The molecule has 0 aliphatic rings. The average Bonchev–Trinajstić information content (AvgIpc) is 2.84. The summed E-state index contributed by atoms with van der Waals surface area (Å²) < 4.78 is 19.2. The van der Waals surface area contributed by atoms with Crippen molar-refractivity contribution < 1.29 is 21.2 Å². The van der Waals surface area contributed by atoms with Gasteiger partial charge in [-0.15, -0.1) is 0 Å². The number of unbranched alkanes of at least 4 members (excludes halogenated alkanes) is 1. The van der Waals surface area contributed by atoms with Crippen LogP contribution in [0.5, 0.6) is 0 Å². The molecule has 0 atom stereocenters. The van der Waals surface area contributed by atoms with Crippen LogP contribution in [-0.4, -0.2) is 6.54 Å². The lowest BCUT2D eigenvalue weighted by atomic mass is 10.1. The SMILES string of the molecule is CCCCNCc1ccc(-c2ccccc2F)o1.[Cl-]. The van der Waals surface area contributed by atoms with E-state index in [1.54, 1.807) is 18.2 Å². The molecular formula is C15H18ClFNO-. The number of hydrogen-bond acceptors (Lipinski definition) is 2. The van der Waals surface area contributed by atoms with Crippen LogP contribution in [0.2, 0.25) is 0 Å². The highest BCUT2D eigenvalue weighted by atomic mass is 35.5. The van der Waals surface area contributed by atoms with Crippen LogP contribution >= 0.6 is 0 Å². The maximum absolute atomic E-state index is 13.6.